The zero-order valence-corrected chi connectivity index (χ0v) is 21.7. The zero-order chi connectivity index (χ0) is 26.3. The maximum atomic E-state index is 13.3. The standard InChI is InChI=1S/C24H37N3O8S/c1-3-4-10-26(11-5-12-28)22(29)15-27-14-18(17-6-7-20-21(13-17)35-16-34-20)23(24(30)31)19(27)8-9-25-36(2,32)33/h6-7,13,18-19,23,25,28H,3-5,8-12,14-16H2,1-2H3,(H,30,31)/t18-,19+,23?/m1/s1. The van der Waals surface area contributed by atoms with E-state index in [0.29, 0.717) is 37.6 Å². The van der Waals surface area contributed by atoms with Gasteiger partial charge in [0, 0.05) is 44.7 Å². The third-order valence-corrected chi connectivity index (χ3v) is 7.45. The summed E-state index contributed by atoms with van der Waals surface area (Å²) in [6.07, 6.45) is 3.51. The number of nitrogens with one attached hydrogen (secondary N) is 1. The molecule has 202 valence electrons. The van der Waals surface area contributed by atoms with Gasteiger partial charge in [-0.05, 0) is 37.0 Å². The van der Waals surface area contributed by atoms with Crippen LogP contribution in [-0.2, 0) is 19.6 Å². The third-order valence-electron chi connectivity index (χ3n) is 6.72. The summed E-state index contributed by atoms with van der Waals surface area (Å²) in [7, 11) is -3.45. The second-order valence-electron chi connectivity index (χ2n) is 9.35. The maximum Gasteiger partial charge on any atom is 0.308 e. The number of benzene rings is 1. The van der Waals surface area contributed by atoms with Crippen LogP contribution >= 0.6 is 0 Å². The van der Waals surface area contributed by atoms with Crippen molar-refractivity contribution >= 4 is 21.9 Å². The molecule has 3 rings (SSSR count). The summed E-state index contributed by atoms with van der Waals surface area (Å²) in [5.74, 6) is -1.25. The Labute approximate surface area is 212 Å². The molecule has 1 amide bonds. The number of carboxylic acids is 1. The Balaban J connectivity index is 1.85. The first-order valence-electron chi connectivity index (χ1n) is 12.3. The van der Waals surface area contributed by atoms with Crippen molar-refractivity contribution in [3.63, 3.8) is 0 Å². The summed E-state index contributed by atoms with van der Waals surface area (Å²) in [6.45, 7) is 3.52. The highest BCUT2D eigenvalue weighted by atomic mass is 32.2. The van der Waals surface area contributed by atoms with E-state index in [-0.39, 0.29) is 38.8 Å². The van der Waals surface area contributed by atoms with Crippen molar-refractivity contribution < 1.29 is 37.7 Å². The summed E-state index contributed by atoms with van der Waals surface area (Å²) in [5.41, 5.74) is 0.769. The Morgan fingerprint density at radius 3 is 2.58 bits per heavy atom. The highest BCUT2D eigenvalue weighted by Crippen LogP contribution is 2.42. The van der Waals surface area contributed by atoms with Gasteiger partial charge >= 0.3 is 5.97 Å². The van der Waals surface area contributed by atoms with E-state index in [1.54, 1.807) is 17.0 Å². The van der Waals surface area contributed by atoms with Gasteiger partial charge in [0.1, 0.15) is 0 Å². The van der Waals surface area contributed by atoms with E-state index in [1.807, 2.05) is 17.9 Å². The number of likely N-dealkylation sites (tertiary alicyclic amines) is 1. The van der Waals surface area contributed by atoms with Crippen molar-refractivity contribution in [3.05, 3.63) is 23.8 Å². The SMILES string of the molecule is CCCCN(CCCO)C(=O)CN1C[C@H](c2ccc3c(c2)OCO3)C(C(=O)O)[C@@H]1CCNS(C)(=O)=O. The van der Waals surface area contributed by atoms with Gasteiger partial charge < -0.3 is 24.6 Å². The predicted molar refractivity (Wildman–Crippen MR) is 132 cm³/mol. The van der Waals surface area contributed by atoms with Crippen LogP contribution < -0.4 is 14.2 Å². The normalized spacial score (nSPS) is 21.6. The lowest BCUT2D eigenvalue weighted by Gasteiger charge is -2.29. The molecule has 11 nitrogen and oxygen atoms in total. The summed E-state index contributed by atoms with van der Waals surface area (Å²) in [5, 5.41) is 19.5. The Morgan fingerprint density at radius 1 is 1.19 bits per heavy atom. The molecule has 3 N–H and O–H groups in total. The van der Waals surface area contributed by atoms with Gasteiger partial charge in [0.15, 0.2) is 11.5 Å². The van der Waals surface area contributed by atoms with Crippen molar-refractivity contribution in [1.29, 1.82) is 0 Å². The molecule has 1 saturated heterocycles. The number of aliphatic hydroxyl groups is 1. The molecule has 1 aromatic rings. The van der Waals surface area contributed by atoms with E-state index < -0.39 is 33.9 Å². The lowest BCUT2D eigenvalue weighted by atomic mass is 9.84. The third kappa shape index (κ3) is 7.31. The zero-order valence-electron chi connectivity index (χ0n) is 20.9. The van der Waals surface area contributed by atoms with Crippen LogP contribution in [0.5, 0.6) is 11.5 Å². The number of nitrogens with zero attached hydrogens (tertiary/aromatic N) is 2. The fourth-order valence-corrected chi connectivity index (χ4v) is 5.46. The van der Waals surface area contributed by atoms with Crippen LogP contribution in [0.1, 0.15) is 44.1 Å². The maximum absolute atomic E-state index is 13.3. The molecule has 0 radical (unpaired) electrons. The number of carboxylic acid groups (broad SMARTS) is 1. The molecular weight excluding hydrogens is 490 g/mol. The molecule has 2 aliphatic heterocycles. The fourth-order valence-electron chi connectivity index (χ4n) is 4.97. The molecule has 0 bridgehead atoms. The van der Waals surface area contributed by atoms with Crippen LogP contribution in [0.2, 0.25) is 0 Å². The van der Waals surface area contributed by atoms with Crippen LogP contribution in [0.4, 0.5) is 0 Å². The average molecular weight is 528 g/mol. The number of fused-ring (bicyclic) bond motifs is 1. The van der Waals surface area contributed by atoms with Gasteiger partial charge in [0.25, 0.3) is 0 Å². The van der Waals surface area contributed by atoms with Crippen LogP contribution in [0.25, 0.3) is 0 Å². The quantitative estimate of drug-likeness (QED) is 0.320. The van der Waals surface area contributed by atoms with Gasteiger partial charge in [-0.1, -0.05) is 19.4 Å². The van der Waals surface area contributed by atoms with E-state index >= 15 is 0 Å². The Bertz CT molecular complexity index is 1010. The first-order chi connectivity index (χ1) is 17.1. The van der Waals surface area contributed by atoms with Gasteiger partial charge in [-0.2, -0.15) is 0 Å². The van der Waals surface area contributed by atoms with Crippen LogP contribution in [0, 0.1) is 5.92 Å². The fraction of sp³-hybridized carbons (Fsp3) is 0.667. The highest BCUT2D eigenvalue weighted by molar-refractivity contribution is 7.88. The van der Waals surface area contributed by atoms with Gasteiger partial charge in [0.05, 0.1) is 18.7 Å². The topological polar surface area (TPSA) is 146 Å². The Kier molecular flexibility index (Phi) is 9.94. The number of ether oxygens (including phenoxy) is 2. The first-order valence-corrected chi connectivity index (χ1v) is 14.2. The largest absolute Gasteiger partial charge is 0.481 e. The number of hydrogen-bond acceptors (Lipinski definition) is 8. The molecule has 0 aromatic heterocycles. The van der Waals surface area contributed by atoms with Crippen molar-refractivity contribution in [2.75, 3.05) is 52.4 Å². The van der Waals surface area contributed by atoms with E-state index in [0.717, 1.165) is 24.7 Å². The molecule has 2 heterocycles. The van der Waals surface area contributed by atoms with Gasteiger partial charge in [-0.25, -0.2) is 13.1 Å². The highest BCUT2D eigenvalue weighted by Gasteiger charge is 2.47. The second kappa shape index (κ2) is 12.7. The molecule has 1 fully saturated rings. The van der Waals surface area contributed by atoms with Crippen LogP contribution in [-0.4, -0.2) is 98.7 Å². The molecule has 12 heteroatoms. The van der Waals surface area contributed by atoms with Crippen LogP contribution in [0.3, 0.4) is 0 Å². The summed E-state index contributed by atoms with van der Waals surface area (Å²) >= 11 is 0. The average Bonchev–Trinajstić information content (AvgIpc) is 3.42. The molecule has 1 unspecified atom stereocenters. The van der Waals surface area contributed by atoms with Gasteiger partial charge in [0.2, 0.25) is 22.7 Å². The lowest BCUT2D eigenvalue weighted by molar-refractivity contribution is -0.143. The molecule has 1 aromatic carbocycles. The minimum Gasteiger partial charge on any atom is -0.481 e. The van der Waals surface area contributed by atoms with Crippen molar-refractivity contribution in [1.82, 2.24) is 14.5 Å². The molecule has 0 spiro atoms. The van der Waals surface area contributed by atoms with E-state index in [2.05, 4.69) is 4.72 Å². The molecule has 0 saturated carbocycles. The number of hydrogen-bond donors (Lipinski definition) is 3. The van der Waals surface area contributed by atoms with Crippen molar-refractivity contribution in [2.45, 2.75) is 44.6 Å². The second-order valence-corrected chi connectivity index (χ2v) is 11.2. The molecule has 36 heavy (non-hydrogen) atoms. The lowest BCUT2D eigenvalue weighted by Crippen LogP contribution is -2.45. The molecular formula is C24H37N3O8S. The first kappa shape index (κ1) is 28.2. The molecule has 3 atom stereocenters. The summed E-state index contributed by atoms with van der Waals surface area (Å²) in [6, 6.07) is 4.81. The number of amides is 1. The molecule has 0 aliphatic carbocycles. The van der Waals surface area contributed by atoms with Crippen molar-refractivity contribution in [3.8, 4) is 11.5 Å². The summed E-state index contributed by atoms with van der Waals surface area (Å²) < 4.78 is 36.5. The number of carbonyl (C=O) groups is 2. The monoisotopic (exact) mass is 527 g/mol. The van der Waals surface area contributed by atoms with Gasteiger partial charge in [-0.15, -0.1) is 0 Å². The number of unbranched alkanes of at least 4 members (excludes halogenated alkanes) is 1. The van der Waals surface area contributed by atoms with E-state index in [4.69, 9.17) is 9.47 Å². The van der Waals surface area contributed by atoms with Gasteiger partial charge in [-0.3, -0.25) is 14.5 Å². The van der Waals surface area contributed by atoms with Crippen LogP contribution in [0.15, 0.2) is 18.2 Å². The van der Waals surface area contributed by atoms with E-state index in [9.17, 15) is 28.2 Å². The number of rotatable bonds is 14. The number of carbonyl (C=O) groups excluding carboxylic acids is 1. The Morgan fingerprint density at radius 2 is 1.92 bits per heavy atom. The number of sulfonamides is 1. The minimum atomic E-state index is -3.45. The van der Waals surface area contributed by atoms with Crippen molar-refractivity contribution in [2.24, 2.45) is 5.92 Å². The van der Waals surface area contributed by atoms with E-state index in [1.165, 1.54) is 0 Å². The molecule has 2 aliphatic rings. The number of aliphatic hydroxyl groups excluding tert-OH is 1. The smallest absolute Gasteiger partial charge is 0.308 e. The predicted octanol–water partition coefficient (Wildman–Crippen LogP) is 0.834. The minimum absolute atomic E-state index is 0.0174. The number of aliphatic carboxylic acids is 1. The Hall–Kier alpha value is -2.41. The summed E-state index contributed by atoms with van der Waals surface area (Å²) in [4.78, 5) is 29.3.